The summed E-state index contributed by atoms with van der Waals surface area (Å²) in [6.07, 6.45) is 6.32. The van der Waals surface area contributed by atoms with Crippen molar-refractivity contribution in [2.75, 3.05) is 5.32 Å². The lowest BCUT2D eigenvalue weighted by Gasteiger charge is -2.12. The summed E-state index contributed by atoms with van der Waals surface area (Å²) in [5.74, 6) is 0.401. The fourth-order valence-electron chi connectivity index (χ4n) is 3.71. The van der Waals surface area contributed by atoms with Crippen LogP contribution in [0.2, 0.25) is 0 Å². The van der Waals surface area contributed by atoms with Crippen molar-refractivity contribution < 1.29 is 4.79 Å². The summed E-state index contributed by atoms with van der Waals surface area (Å²) in [6.45, 7) is 6.81. The summed E-state index contributed by atoms with van der Waals surface area (Å²) in [5.41, 5.74) is 6.05. The molecule has 3 aromatic heterocycles. The van der Waals surface area contributed by atoms with E-state index in [2.05, 4.69) is 39.0 Å². The lowest BCUT2D eigenvalue weighted by molar-refractivity contribution is 0.102. The van der Waals surface area contributed by atoms with Gasteiger partial charge in [-0.15, -0.1) is 0 Å². The minimum Gasteiger partial charge on any atom is -0.317 e. The number of carbonyl (C=O) groups excluding carboxylic acids is 1. The van der Waals surface area contributed by atoms with Crippen LogP contribution in [0.4, 0.5) is 5.82 Å². The largest absolute Gasteiger partial charge is 0.317 e. The van der Waals surface area contributed by atoms with Crippen LogP contribution in [0.1, 0.15) is 32.9 Å². The molecule has 6 nitrogen and oxygen atoms in total. The molecule has 1 N–H and O–H groups in total. The first-order valence-corrected chi connectivity index (χ1v) is 10.0. The summed E-state index contributed by atoms with van der Waals surface area (Å²) >= 11 is 0. The van der Waals surface area contributed by atoms with Crippen LogP contribution in [0, 0.1) is 20.8 Å². The summed E-state index contributed by atoms with van der Waals surface area (Å²) in [7, 11) is 0. The van der Waals surface area contributed by atoms with Gasteiger partial charge < -0.3 is 9.88 Å². The Kier molecular flexibility index (Phi) is 5.48. The second-order valence-electron chi connectivity index (χ2n) is 7.43. The van der Waals surface area contributed by atoms with E-state index >= 15 is 0 Å². The van der Waals surface area contributed by atoms with Crippen molar-refractivity contribution in [3.8, 4) is 5.69 Å². The first-order chi connectivity index (χ1) is 14.5. The molecule has 0 fully saturated rings. The highest BCUT2D eigenvalue weighted by Gasteiger charge is 2.18. The van der Waals surface area contributed by atoms with E-state index in [1.54, 1.807) is 12.4 Å². The van der Waals surface area contributed by atoms with E-state index in [9.17, 15) is 4.79 Å². The molecule has 4 aromatic rings. The Morgan fingerprint density at radius 1 is 1.03 bits per heavy atom. The lowest BCUT2D eigenvalue weighted by atomic mass is 10.2. The number of hydrogen-bond acceptors (Lipinski definition) is 3. The third-order valence-electron chi connectivity index (χ3n) is 5.29. The normalized spacial score (nSPS) is 10.9. The standard InChI is InChI=1S/C24H25N5O/c1-17-6-4-5-7-22(17)29-18(2)16-21(19(29)3)24(30)26-23-11-15-28(27-23)14-10-20-8-12-25-13-9-20/h4-9,11-13,15-16H,10,14H2,1-3H3,(H,26,27,30). The third kappa shape index (κ3) is 4.03. The van der Waals surface area contributed by atoms with E-state index in [0.717, 1.165) is 30.0 Å². The lowest BCUT2D eigenvalue weighted by Crippen LogP contribution is -2.14. The summed E-state index contributed by atoms with van der Waals surface area (Å²) in [6, 6.07) is 15.9. The molecule has 0 radical (unpaired) electrons. The molecule has 6 heteroatoms. The molecular weight excluding hydrogens is 374 g/mol. The Morgan fingerprint density at radius 2 is 1.80 bits per heavy atom. The Labute approximate surface area is 176 Å². The smallest absolute Gasteiger partial charge is 0.258 e. The highest BCUT2D eigenvalue weighted by Crippen LogP contribution is 2.23. The molecule has 0 saturated carbocycles. The number of aromatic nitrogens is 4. The zero-order valence-corrected chi connectivity index (χ0v) is 17.5. The number of nitrogens with zero attached hydrogens (tertiary/aromatic N) is 4. The van der Waals surface area contributed by atoms with Crippen molar-refractivity contribution in [3.05, 3.63) is 95.2 Å². The number of nitrogens with one attached hydrogen (secondary N) is 1. The zero-order valence-electron chi connectivity index (χ0n) is 17.5. The van der Waals surface area contributed by atoms with E-state index in [1.165, 1.54) is 11.1 Å². The topological polar surface area (TPSA) is 64.7 Å². The van der Waals surface area contributed by atoms with Crippen LogP contribution < -0.4 is 5.32 Å². The number of anilines is 1. The van der Waals surface area contributed by atoms with Crippen LogP contribution in [0.15, 0.2) is 67.1 Å². The van der Waals surface area contributed by atoms with Crippen molar-refractivity contribution in [3.63, 3.8) is 0 Å². The van der Waals surface area contributed by atoms with Gasteiger partial charge in [0.15, 0.2) is 5.82 Å². The molecule has 1 amide bonds. The molecule has 152 valence electrons. The molecule has 0 unspecified atom stereocenters. The SMILES string of the molecule is Cc1ccccc1-n1c(C)cc(C(=O)Nc2ccn(CCc3ccncc3)n2)c1C. The first kappa shape index (κ1) is 19.6. The highest BCUT2D eigenvalue weighted by molar-refractivity contribution is 6.05. The zero-order chi connectivity index (χ0) is 21.1. The molecule has 0 aliphatic carbocycles. The van der Waals surface area contributed by atoms with Crippen molar-refractivity contribution in [1.29, 1.82) is 0 Å². The number of rotatable bonds is 6. The Balaban J connectivity index is 1.48. The average Bonchev–Trinajstić information content (AvgIpc) is 3.31. The monoisotopic (exact) mass is 399 g/mol. The molecule has 0 bridgehead atoms. The number of pyridine rings is 1. The average molecular weight is 399 g/mol. The molecular formula is C24H25N5O. The molecule has 30 heavy (non-hydrogen) atoms. The summed E-state index contributed by atoms with van der Waals surface area (Å²) < 4.78 is 3.96. The first-order valence-electron chi connectivity index (χ1n) is 10.0. The second kappa shape index (κ2) is 8.37. The maximum Gasteiger partial charge on any atom is 0.258 e. The molecule has 0 aliphatic heterocycles. The number of carbonyl (C=O) groups is 1. The van der Waals surface area contributed by atoms with Crippen LogP contribution in [0.25, 0.3) is 5.69 Å². The van der Waals surface area contributed by atoms with Crippen molar-refractivity contribution in [1.82, 2.24) is 19.3 Å². The van der Waals surface area contributed by atoms with Gasteiger partial charge in [0.05, 0.1) is 5.56 Å². The van der Waals surface area contributed by atoms with Gasteiger partial charge in [0.25, 0.3) is 5.91 Å². The van der Waals surface area contributed by atoms with E-state index in [-0.39, 0.29) is 5.91 Å². The van der Waals surface area contributed by atoms with Crippen LogP contribution in [-0.2, 0) is 13.0 Å². The number of benzene rings is 1. The van der Waals surface area contributed by atoms with E-state index in [0.29, 0.717) is 11.4 Å². The van der Waals surface area contributed by atoms with Crippen molar-refractivity contribution >= 4 is 11.7 Å². The van der Waals surface area contributed by atoms with Gasteiger partial charge in [0.2, 0.25) is 0 Å². The van der Waals surface area contributed by atoms with Gasteiger partial charge in [-0.05, 0) is 62.6 Å². The molecule has 3 heterocycles. The molecule has 0 spiro atoms. The molecule has 0 atom stereocenters. The fraction of sp³-hybridized carbons (Fsp3) is 0.208. The van der Waals surface area contributed by atoms with E-state index in [4.69, 9.17) is 0 Å². The van der Waals surface area contributed by atoms with Gasteiger partial charge >= 0.3 is 0 Å². The maximum absolute atomic E-state index is 12.9. The van der Waals surface area contributed by atoms with E-state index in [1.807, 2.05) is 61.1 Å². The van der Waals surface area contributed by atoms with Crippen LogP contribution in [0.5, 0.6) is 0 Å². The molecule has 0 aliphatic rings. The van der Waals surface area contributed by atoms with Crippen LogP contribution in [-0.4, -0.2) is 25.2 Å². The minimum absolute atomic E-state index is 0.151. The van der Waals surface area contributed by atoms with Gasteiger partial charge in [0.1, 0.15) is 0 Å². The predicted molar refractivity (Wildman–Crippen MR) is 118 cm³/mol. The Bertz CT molecular complexity index is 1170. The predicted octanol–water partition coefficient (Wildman–Crippen LogP) is 4.49. The van der Waals surface area contributed by atoms with Gasteiger partial charge in [-0.3, -0.25) is 14.5 Å². The quantitative estimate of drug-likeness (QED) is 0.520. The van der Waals surface area contributed by atoms with Crippen molar-refractivity contribution in [2.45, 2.75) is 33.7 Å². The maximum atomic E-state index is 12.9. The van der Waals surface area contributed by atoms with Crippen molar-refractivity contribution in [2.24, 2.45) is 0 Å². The number of aryl methyl sites for hydroxylation is 4. The number of hydrogen-bond donors (Lipinski definition) is 1. The van der Waals surface area contributed by atoms with Gasteiger partial charge in [-0.1, -0.05) is 18.2 Å². The molecule has 4 rings (SSSR count). The van der Waals surface area contributed by atoms with Gasteiger partial charge in [-0.2, -0.15) is 5.10 Å². The number of para-hydroxylation sites is 1. The Hall–Kier alpha value is -3.67. The number of amides is 1. The van der Waals surface area contributed by atoms with E-state index < -0.39 is 0 Å². The minimum atomic E-state index is -0.151. The third-order valence-corrected chi connectivity index (χ3v) is 5.29. The molecule has 0 saturated heterocycles. The highest BCUT2D eigenvalue weighted by atomic mass is 16.1. The van der Waals surface area contributed by atoms with Crippen LogP contribution in [0.3, 0.4) is 0 Å². The fourth-order valence-corrected chi connectivity index (χ4v) is 3.71. The molecule has 1 aromatic carbocycles. The Morgan fingerprint density at radius 3 is 2.57 bits per heavy atom. The van der Waals surface area contributed by atoms with Crippen LogP contribution >= 0.6 is 0 Å². The van der Waals surface area contributed by atoms with Gasteiger partial charge in [-0.25, -0.2) is 0 Å². The summed E-state index contributed by atoms with van der Waals surface area (Å²) in [5, 5.41) is 7.41. The second-order valence-corrected chi connectivity index (χ2v) is 7.43. The van der Waals surface area contributed by atoms with Gasteiger partial charge in [0, 0.05) is 48.3 Å². The summed E-state index contributed by atoms with van der Waals surface area (Å²) in [4.78, 5) is 17.0.